The number of carbonyl (C=O) groups is 1. The van der Waals surface area contributed by atoms with E-state index in [4.69, 9.17) is 9.26 Å². The maximum absolute atomic E-state index is 12.2. The van der Waals surface area contributed by atoms with Crippen LogP contribution in [0.5, 0.6) is 5.75 Å². The van der Waals surface area contributed by atoms with Gasteiger partial charge in [0.05, 0.1) is 5.56 Å². The van der Waals surface area contributed by atoms with E-state index in [2.05, 4.69) is 15.5 Å². The number of aromatic nitrogens is 2. The quantitative estimate of drug-likeness (QED) is 0.768. The molecule has 3 aromatic rings. The van der Waals surface area contributed by atoms with Gasteiger partial charge < -0.3 is 14.6 Å². The number of aryl methyl sites for hydroxylation is 3. The van der Waals surface area contributed by atoms with Crippen LogP contribution in [-0.2, 0) is 4.79 Å². The van der Waals surface area contributed by atoms with Gasteiger partial charge in [0, 0.05) is 5.69 Å². The number of hydrogen-bond donors (Lipinski definition) is 1. The summed E-state index contributed by atoms with van der Waals surface area (Å²) in [6.07, 6.45) is 0. The van der Waals surface area contributed by atoms with Gasteiger partial charge >= 0.3 is 0 Å². The highest BCUT2D eigenvalue weighted by Crippen LogP contribution is 2.28. The van der Waals surface area contributed by atoms with Crippen LogP contribution in [0.15, 0.2) is 47.0 Å². The lowest BCUT2D eigenvalue weighted by Gasteiger charge is -2.11. The second kappa shape index (κ2) is 7.17. The van der Waals surface area contributed by atoms with Crippen LogP contribution in [0.1, 0.15) is 17.0 Å². The van der Waals surface area contributed by atoms with Gasteiger partial charge in [0.25, 0.3) is 11.8 Å². The molecule has 1 aromatic heterocycles. The highest BCUT2D eigenvalue weighted by Gasteiger charge is 2.14. The van der Waals surface area contributed by atoms with Crippen molar-refractivity contribution in [2.24, 2.45) is 0 Å². The molecule has 0 aliphatic carbocycles. The molecule has 0 fully saturated rings. The minimum Gasteiger partial charge on any atom is -0.483 e. The molecule has 0 bridgehead atoms. The van der Waals surface area contributed by atoms with Gasteiger partial charge in [-0.2, -0.15) is 4.98 Å². The lowest BCUT2D eigenvalue weighted by Crippen LogP contribution is -2.20. The zero-order valence-corrected chi connectivity index (χ0v) is 14.4. The first-order valence-corrected chi connectivity index (χ1v) is 7.92. The summed E-state index contributed by atoms with van der Waals surface area (Å²) in [6, 6.07) is 13.2. The van der Waals surface area contributed by atoms with E-state index in [-0.39, 0.29) is 12.5 Å². The molecule has 2 aromatic carbocycles. The standard InChI is InChI=1S/C19H19N3O3/c1-12-8-9-13(2)16(10-12)21-18(23)11-24-17-7-5-4-6-15(17)19-20-14(3)22-25-19/h4-10H,11H2,1-3H3,(H,21,23). The molecule has 0 aliphatic rings. The summed E-state index contributed by atoms with van der Waals surface area (Å²) in [7, 11) is 0. The first kappa shape index (κ1) is 16.7. The largest absolute Gasteiger partial charge is 0.483 e. The van der Waals surface area contributed by atoms with E-state index in [0.29, 0.717) is 23.0 Å². The second-order valence-electron chi connectivity index (χ2n) is 5.80. The average Bonchev–Trinajstić information content (AvgIpc) is 3.03. The van der Waals surface area contributed by atoms with Crippen LogP contribution >= 0.6 is 0 Å². The molecular formula is C19H19N3O3. The number of anilines is 1. The third kappa shape index (κ3) is 4.03. The molecule has 0 aliphatic heterocycles. The van der Waals surface area contributed by atoms with E-state index in [0.717, 1.165) is 16.8 Å². The summed E-state index contributed by atoms with van der Waals surface area (Å²) in [5.74, 6) is 1.19. The topological polar surface area (TPSA) is 77.2 Å². The van der Waals surface area contributed by atoms with Gasteiger partial charge in [-0.15, -0.1) is 0 Å². The minimum absolute atomic E-state index is 0.114. The second-order valence-corrected chi connectivity index (χ2v) is 5.80. The van der Waals surface area contributed by atoms with Crippen LogP contribution in [0.4, 0.5) is 5.69 Å². The molecule has 1 amide bonds. The number of para-hydroxylation sites is 1. The van der Waals surface area contributed by atoms with Crippen molar-refractivity contribution >= 4 is 11.6 Å². The fourth-order valence-corrected chi connectivity index (χ4v) is 2.38. The normalized spacial score (nSPS) is 10.5. The Morgan fingerprint density at radius 3 is 2.72 bits per heavy atom. The highest BCUT2D eigenvalue weighted by molar-refractivity contribution is 5.92. The van der Waals surface area contributed by atoms with Gasteiger partial charge in [0.1, 0.15) is 5.75 Å². The van der Waals surface area contributed by atoms with Crippen LogP contribution in [0.25, 0.3) is 11.5 Å². The van der Waals surface area contributed by atoms with Gasteiger partial charge in [-0.1, -0.05) is 29.4 Å². The maximum atomic E-state index is 12.2. The van der Waals surface area contributed by atoms with Gasteiger partial charge in [0.2, 0.25) is 0 Å². The van der Waals surface area contributed by atoms with Crippen LogP contribution in [0.2, 0.25) is 0 Å². The third-order valence-corrected chi connectivity index (χ3v) is 3.67. The van der Waals surface area contributed by atoms with Crippen LogP contribution in [0, 0.1) is 20.8 Å². The lowest BCUT2D eigenvalue weighted by atomic mass is 10.1. The molecule has 0 saturated heterocycles. The molecule has 128 valence electrons. The highest BCUT2D eigenvalue weighted by atomic mass is 16.5. The summed E-state index contributed by atoms with van der Waals surface area (Å²) < 4.78 is 10.8. The lowest BCUT2D eigenvalue weighted by molar-refractivity contribution is -0.118. The summed E-state index contributed by atoms with van der Waals surface area (Å²) in [6.45, 7) is 5.56. The monoisotopic (exact) mass is 337 g/mol. The summed E-state index contributed by atoms with van der Waals surface area (Å²) in [5.41, 5.74) is 3.52. The van der Waals surface area contributed by atoms with E-state index in [1.807, 2.05) is 50.2 Å². The summed E-state index contributed by atoms with van der Waals surface area (Å²) >= 11 is 0. The molecule has 6 nitrogen and oxygen atoms in total. The number of rotatable bonds is 5. The zero-order chi connectivity index (χ0) is 17.8. The number of hydrogen-bond acceptors (Lipinski definition) is 5. The van der Waals surface area contributed by atoms with Crippen LogP contribution in [-0.4, -0.2) is 22.7 Å². The van der Waals surface area contributed by atoms with Crippen molar-refractivity contribution < 1.29 is 14.1 Å². The molecule has 6 heteroatoms. The SMILES string of the molecule is Cc1ccc(C)c(NC(=O)COc2ccccc2-c2nc(C)no2)c1. The number of ether oxygens (including phenoxy) is 1. The Morgan fingerprint density at radius 1 is 1.16 bits per heavy atom. The minimum atomic E-state index is -0.231. The predicted octanol–water partition coefficient (Wildman–Crippen LogP) is 3.68. The van der Waals surface area contributed by atoms with Gasteiger partial charge in [0.15, 0.2) is 12.4 Å². The Labute approximate surface area is 145 Å². The van der Waals surface area contributed by atoms with Crippen LogP contribution in [0.3, 0.4) is 0 Å². The van der Waals surface area contributed by atoms with Crippen molar-refractivity contribution in [3.8, 4) is 17.2 Å². The van der Waals surface area contributed by atoms with Crippen LogP contribution < -0.4 is 10.1 Å². The maximum Gasteiger partial charge on any atom is 0.262 e. The van der Waals surface area contributed by atoms with E-state index in [1.165, 1.54) is 0 Å². The van der Waals surface area contributed by atoms with Gasteiger partial charge in [-0.25, -0.2) is 0 Å². The van der Waals surface area contributed by atoms with Crippen molar-refractivity contribution in [1.82, 2.24) is 10.1 Å². The Kier molecular flexibility index (Phi) is 4.79. The number of nitrogens with one attached hydrogen (secondary N) is 1. The number of carbonyl (C=O) groups excluding carboxylic acids is 1. The Hall–Kier alpha value is -3.15. The third-order valence-electron chi connectivity index (χ3n) is 3.67. The smallest absolute Gasteiger partial charge is 0.262 e. The molecule has 25 heavy (non-hydrogen) atoms. The van der Waals surface area contributed by atoms with Gasteiger partial charge in [-0.3, -0.25) is 4.79 Å². The van der Waals surface area contributed by atoms with E-state index < -0.39 is 0 Å². The zero-order valence-electron chi connectivity index (χ0n) is 14.4. The van der Waals surface area contributed by atoms with Crippen molar-refractivity contribution in [1.29, 1.82) is 0 Å². The molecular weight excluding hydrogens is 318 g/mol. The molecule has 0 spiro atoms. The molecule has 0 radical (unpaired) electrons. The molecule has 1 heterocycles. The fourth-order valence-electron chi connectivity index (χ4n) is 2.38. The summed E-state index contributed by atoms with van der Waals surface area (Å²) in [4.78, 5) is 16.4. The number of nitrogens with zero attached hydrogens (tertiary/aromatic N) is 2. The van der Waals surface area contributed by atoms with Crippen molar-refractivity contribution in [3.05, 3.63) is 59.4 Å². The Bertz CT molecular complexity index is 902. The Balaban J connectivity index is 1.70. The first-order chi connectivity index (χ1) is 12.0. The Morgan fingerprint density at radius 2 is 1.96 bits per heavy atom. The molecule has 0 unspecified atom stereocenters. The van der Waals surface area contributed by atoms with E-state index in [1.54, 1.807) is 13.0 Å². The molecule has 3 rings (SSSR count). The molecule has 0 saturated carbocycles. The van der Waals surface area contributed by atoms with Crippen molar-refractivity contribution in [2.45, 2.75) is 20.8 Å². The molecule has 1 N–H and O–H groups in total. The van der Waals surface area contributed by atoms with Crippen molar-refractivity contribution in [3.63, 3.8) is 0 Å². The average molecular weight is 337 g/mol. The number of amides is 1. The molecule has 0 atom stereocenters. The first-order valence-electron chi connectivity index (χ1n) is 7.92. The fraction of sp³-hybridized carbons (Fsp3) is 0.211. The number of benzene rings is 2. The van der Waals surface area contributed by atoms with Crippen molar-refractivity contribution in [2.75, 3.05) is 11.9 Å². The van der Waals surface area contributed by atoms with Gasteiger partial charge in [-0.05, 0) is 50.1 Å². The summed E-state index contributed by atoms with van der Waals surface area (Å²) in [5, 5.41) is 6.65. The van der Waals surface area contributed by atoms with E-state index >= 15 is 0 Å². The predicted molar refractivity (Wildman–Crippen MR) is 94.5 cm³/mol. The van der Waals surface area contributed by atoms with E-state index in [9.17, 15) is 4.79 Å².